The van der Waals surface area contributed by atoms with E-state index in [9.17, 15) is 18.6 Å². The lowest BCUT2D eigenvalue weighted by Crippen LogP contribution is -2.67. The average Bonchev–Trinajstić information content (AvgIpc) is 3.85. The SMILES string of the molecule is CC1(C)[C@H]2CC[C@@H](CN(C[C@]3(O)CC[C@H]4[C@]56C=C[C@@]7(C=C5C(=O)c5ccccc5-c5ccccc5)CC(O)CC[C@]7(C)[C@H]6CC[C@@]43C)S(=O)(=O)c3cccs3)[C@@H]1C2. The molecule has 1 aromatic heterocycles. The molecule has 3 aromatic rings. The fraction of sp³-hybridized carbons (Fsp3) is 0.571. The Labute approximate surface area is 343 Å². The molecule has 0 saturated heterocycles. The number of fused-ring (bicyclic) bond motifs is 3. The Morgan fingerprint density at radius 2 is 1.56 bits per heavy atom. The van der Waals surface area contributed by atoms with Crippen molar-refractivity contribution < 1.29 is 23.4 Å². The van der Waals surface area contributed by atoms with E-state index in [0.29, 0.717) is 47.4 Å². The summed E-state index contributed by atoms with van der Waals surface area (Å²) in [5.74, 6) is 1.57. The van der Waals surface area contributed by atoms with E-state index in [2.05, 4.69) is 58.1 Å². The fourth-order valence-electron chi connectivity index (χ4n) is 14.8. The molecule has 11 atom stereocenters. The topological polar surface area (TPSA) is 94.9 Å². The second-order valence-corrected chi connectivity index (χ2v) is 23.6. The number of sulfonamides is 1. The smallest absolute Gasteiger partial charge is 0.252 e. The predicted molar refractivity (Wildman–Crippen MR) is 226 cm³/mol. The van der Waals surface area contributed by atoms with Gasteiger partial charge in [-0.3, -0.25) is 4.79 Å². The molecule has 9 aliphatic rings. The van der Waals surface area contributed by atoms with Gasteiger partial charge in [0.05, 0.1) is 11.7 Å². The Morgan fingerprint density at radius 3 is 2.30 bits per heavy atom. The molecule has 2 aromatic carbocycles. The predicted octanol–water partition coefficient (Wildman–Crippen LogP) is 9.95. The standard InChI is InChI=1S/C49H59NO5S2/c1-44(2)34-17-16-33(38(44)27-34)30-50(57(54,55)42-15-10-26-56-42)31-48(53)23-20-41-46(48,4)22-19-40-45(3)21-18-35(51)28-47(45)24-25-49(40,41)39(29-47)43(52)37-14-9-8-13-36(37)32-11-6-5-7-12-32/h5-15,24-26,29,33-35,38,40-41,51,53H,16-23,27-28,30-31H2,1-4H3/t33-,34-,35?,38-,40+,41+,45+,46-,47-,48+,49+/m0/s1. The first kappa shape index (κ1) is 38.3. The highest BCUT2D eigenvalue weighted by molar-refractivity contribution is 7.91. The first-order chi connectivity index (χ1) is 27.1. The minimum Gasteiger partial charge on any atom is -0.393 e. The summed E-state index contributed by atoms with van der Waals surface area (Å²) in [5, 5.41) is 26.4. The van der Waals surface area contributed by atoms with E-state index >= 15 is 4.79 Å². The highest BCUT2D eigenvalue weighted by Gasteiger charge is 2.75. The van der Waals surface area contributed by atoms with Crippen LogP contribution in [-0.4, -0.2) is 53.5 Å². The molecule has 302 valence electrons. The zero-order valence-electron chi connectivity index (χ0n) is 34.0. The van der Waals surface area contributed by atoms with Crippen LogP contribution >= 0.6 is 11.3 Å². The third kappa shape index (κ3) is 5.15. The second kappa shape index (κ2) is 12.8. The van der Waals surface area contributed by atoms with Crippen molar-refractivity contribution in [2.24, 2.45) is 56.7 Å². The molecule has 0 radical (unpaired) electrons. The van der Waals surface area contributed by atoms with Crippen LogP contribution in [0.25, 0.3) is 11.1 Å². The normalized spacial score (nSPS) is 41.1. The lowest BCUT2D eigenvalue weighted by Gasteiger charge is -2.71. The molecule has 6 fully saturated rings. The summed E-state index contributed by atoms with van der Waals surface area (Å²) in [6, 6.07) is 21.6. The molecule has 12 rings (SSSR count). The Bertz CT molecular complexity index is 2260. The minimum atomic E-state index is -3.86. The number of hydrogen-bond acceptors (Lipinski definition) is 6. The van der Waals surface area contributed by atoms with Crippen LogP contribution in [-0.2, 0) is 10.0 Å². The zero-order valence-corrected chi connectivity index (χ0v) is 35.6. The van der Waals surface area contributed by atoms with Gasteiger partial charge in [-0.05, 0) is 127 Å². The van der Waals surface area contributed by atoms with Gasteiger partial charge >= 0.3 is 0 Å². The number of carbonyl (C=O) groups excluding carboxylic acids is 1. The summed E-state index contributed by atoms with van der Waals surface area (Å²) < 4.78 is 31.5. The molecular formula is C49H59NO5S2. The fourth-order valence-corrected chi connectivity index (χ4v) is 17.5. The van der Waals surface area contributed by atoms with E-state index in [1.807, 2.05) is 53.9 Å². The molecule has 8 heteroatoms. The number of allylic oxidation sites excluding steroid dienone is 4. The van der Waals surface area contributed by atoms with Crippen LogP contribution < -0.4 is 0 Å². The van der Waals surface area contributed by atoms with Gasteiger partial charge in [-0.15, -0.1) is 11.3 Å². The van der Waals surface area contributed by atoms with Crippen LogP contribution in [0, 0.1) is 56.7 Å². The molecule has 1 unspecified atom stereocenters. The van der Waals surface area contributed by atoms with Crippen molar-refractivity contribution in [3.8, 4) is 11.1 Å². The van der Waals surface area contributed by atoms with Crippen molar-refractivity contribution in [2.45, 2.75) is 108 Å². The summed E-state index contributed by atoms with van der Waals surface area (Å²) in [6.07, 6.45) is 14.9. The van der Waals surface area contributed by atoms with Gasteiger partial charge in [0.2, 0.25) is 0 Å². The maximum Gasteiger partial charge on any atom is 0.252 e. The van der Waals surface area contributed by atoms with Gasteiger partial charge in [0.1, 0.15) is 4.21 Å². The van der Waals surface area contributed by atoms with Gasteiger partial charge in [0, 0.05) is 40.5 Å². The molecule has 57 heavy (non-hydrogen) atoms. The van der Waals surface area contributed by atoms with Crippen molar-refractivity contribution in [2.75, 3.05) is 13.1 Å². The van der Waals surface area contributed by atoms with E-state index in [1.54, 1.807) is 10.4 Å². The molecular weight excluding hydrogens is 747 g/mol. The maximum absolute atomic E-state index is 15.6. The number of benzene rings is 2. The van der Waals surface area contributed by atoms with Gasteiger partial charge in [0.15, 0.2) is 5.78 Å². The molecule has 4 bridgehead atoms. The van der Waals surface area contributed by atoms with Crippen LogP contribution in [0.5, 0.6) is 0 Å². The van der Waals surface area contributed by atoms with Gasteiger partial charge in [0.25, 0.3) is 10.0 Å². The summed E-state index contributed by atoms with van der Waals surface area (Å²) in [6.45, 7) is 9.85. The Balaban J connectivity index is 1.07. The van der Waals surface area contributed by atoms with Crippen LogP contribution in [0.4, 0.5) is 0 Å². The molecule has 6 saturated carbocycles. The van der Waals surface area contributed by atoms with E-state index in [-0.39, 0.29) is 40.9 Å². The summed E-state index contributed by atoms with van der Waals surface area (Å²) in [4.78, 5) is 15.6. The summed E-state index contributed by atoms with van der Waals surface area (Å²) in [5.41, 5.74) is 0.452. The van der Waals surface area contributed by atoms with Crippen molar-refractivity contribution in [1.29, 1.82) is 0 Å². The van der Waals surface area contributed by atoms with E-state index < -0.39 is 38.0 Å². The first-order valence-electron chi connectivity index (χ1n) is 21.7. The lowest BCUT2D eigenvalue weighted by atomic mass is 9.32. The highest BCUT2D eigenvalue weighted by atomic mass is 32.2. The molecule has 0 aliphatic heterocycles. The van der Waals surface area contributed by atoms with E-state index in [1.165, 1.54) is 17.8 Å². The number of nitrogens with zero attached hydrogens (tertiary/aromatic N) is 1. The molecule has 2 N–H and O–H groups in total. The monoisotopic (exact) mass is 805 g/mol. The van der Waals surface area contributed by atoms with Crippen molar-refractivity contribution in [1.82, 2.24) is 4.31 Å². The van der Waals surface area contributed by atoms with Gasteiger partial charge in [-0.25, -0.2) is 8.42 Å². The van der Waals surface area contributed by atoms with E-state index in [4.69, 9.17) is 0 Å². The van der Waals surface area contributed by atoms with Crippen LogP contribution in [0.2, 0.25) is 0 Å². The molecule has 2 spiro atoms. The minimum absolute atomic E-state index is 0.0330. The number of rotatable bonds is 9. The molecule has 6 nitrogen and oxygen atoms in total. The van der Waals surface area contributed by atoms with Crippen LogP contribution in [0.3, 0.4) is 0 Å². The van der Waals surface area contributed by atoms with Gasteiger partial charge in [-0.1, -0.05) is 107 Å². The summed E-state index contributed by atoms with van der Waals surface area (Å²) in [7, 11) is -3.86. The third-order valence-electron chi connectivity index (χ3n) is 18.2. The number of aliphatic hydroxyl groups excluding tert-OH is 1. The van der Waals surface area contributed by atoms with Crippen molar-refractivity contribution in [3.63, 3.8) is 0 Å². The lowest BCUT2D eigenvalue weighted by molar-refractivity contribution is -0.174. The molecule has 0 amide bonds. The van der Waals surface area contributed by atoms with Crippen molar-refractivity contribution >= 4 is 27.1 Å². The third-order valence-corrected chi connectivity index (χ3v) is 21.4. The number of hydrogen-bond donors (Lipinski definition) is 2. The van der Waals surface area contributed by atoms with Crippen LogP contribution in [0.1, 0.15) is 102 Å². The largest absolute Gasteiger partial charge is 0.393 e. The Kier molecular flexibility index (Phi) is 8.62. The Hall–Kier alpha value is -2.88. The molecule has 1 heterocycles. The maximum atomic E-state index is 15.6. The number of ketones is 1. The zero-order chi connectivity index (χ0) is 39.8. The summed E-state index contributed by atoms with van der Waals surface area (Å²) >= 11 is 1.26. The first-order valence-corrected chi connectivity index (χ1v) is 24.0. The number of carbonyl (C=O) groups is 1. The van der Waals surface area contributed by atoms with Gasteiger partial charge < -0.3 is 10.2 Å². The van der Waals surface area contributed by atoms with E-state index in [0.717, 1.165) is 55.2 Å². The number of aliphatic hydroxyl groups is 2. The van der Waals surface area contributed by atoms with Crippen LogP contribution in [0.15, 0.2) is 100 Å². The quantitative estimate of drug-likeness (QED) is 0.166. The van der Waals surface area contributed by atoms with Gasteiger partial charge in [-0.2, -0.15) is 4.31 Å². The van der Waals surface area contributed by atoms with Crippen molar-refractivity contribution in [3.05, 3.63) is 101 Å². The molecule has 9 aliphatic carbocycles. The second-order valence-electron chi connectivity index (χ2n) is 20.5. The number of thiophene rings is 1. The average molecular weight is 806 g/mol. The number of Topliss-reactive ketones (excluding diaryl/α,β-unsaturated/α-hetero) is 1. The Morgan fingerprint density at radius 1 is 0.842 bits per heavy atom. The highest BCUT2D eigenvalue weighted by Crippen LogP contribution is 2.78.